The fourth-order valence-electron chi connectivity index (χ4n) is 3.43. The van der Waals surface area contributed by atoms with Gasteiger partial charge in [-0.05, 0) is 55.5 Å². The summed E-state index contributed by atoms with van der Waals surface area (Å²) in [6, 6.07) is 14.8. The summed E-state index contributed by atoms with van der Waals surface area (Å²) in [5, 5.41) is 3.65. The molecule has 1 N–H and O–H groups in total. The van der Waals surface area contributed by atoms with E-state index < -0.39 is 11.8 Å². The molecule has 1 aliphatic rings. The molecular weight excluding hydrogens is 386 g/mol. The monoisotopic (exact) mass is 405 g/mol. The number of hydrogen-bond acceptors (Lipinski definition) is 4. The molecule has 1 aromatic heterocycles. The molecule has 1 fully saturated rings. The lowest BCUT2D eigenvalue weighted by atomic mass is 10.1. The van der Waals surface area contributed by atoms with Gasteiger partial charge in [-0.25, -0.2) is 0 Å². The topological polar surface area (TPSA) is 63.6 Å². The first-order chi connectivity index (χ1) is 14.0. The number of thiocarbonyl (C=S) groups is 1. The number of benzene rings is 2. The van der Waals surface area contributed by atoms with E-state index in [4.69, 9.17) is 17.0 Å². The molecule has 146 valence electrons. The maximum absolute atomic E-state index is 13.2. The summed E-state index contributed by atoms with van der Waals surface area (Å²) in [6.45, 7) is 2.83. The zero-order valence-corrected chi connectivity index (χ0v) is 16.8. The van der Waals surface area contributed by atoms with Crippen molar-refractivity contribution in [2.24, 2.45) is 0 Å². The molecule has 4 rings (SSSR count). The normalized spacial score (nSPS) is 15.9. The number of methoxy groups -OCH3 is 1. The Balaban J connectivity index is 1.78. The number of carbonyl (C=O) groups excluding carboxylic acids is 2. The van der Waals surface area contributed by atoms with Gasteiger partial charge in [-0.2, -0.15) is 0 Å². The van der Waals surface area contributed by atoms with Crippen molar-refractivity contribution in [3.8, 4) is 5.75 Å². The second kappa shape index (κ2) is 7.52. The summed E-state index contributed by atoms with van der Waals surface area (Å²) in [7, 11) is 1.57. The maximum Gasteiger partial charge on any atom is 0.270 e. The van der Waals surface area contributed by atoms with Gasteiger partial charge < -0.3 is 9.30 Å². The molecule has 0 atom stereocenters. The Kier molecular flexibility index (Phi) is 4.90. The van der Waals surface area contributed by atoms with Crippen molar-refractivity contribution in [2.75, 3.05) is 12.0 Å². The van der Waals surface area contributed by atoms with Crippen LogP contribution in [0.3, 0.4) is 0 Å². The number of nitrogens with one attached hydrogen (secondary N) is 1. The summed E-state index contributed by atoms with van der Waals surface area (Å²) >= 11 is 5.25. The lowest BCUT2D eigenvalue weighted by Gasteiger charge is -2.29. The van der Waals surface area contributed by atoms with Crippen LogP contribution < -0.4 is 15.0 Å². The molecule has 1 aliphatic heterocycles. The fraction of sp³-hybridized carbons (Fsp3) is 0.136. The number of hydrogen-bond donors (Lipinski definition) is 1. The second-order valence-corrected chi connectivity index (χ2v) is 6.93. The predicted molar refractivity (Wildman–Crippen MR) is 117 cm³/mol. The number of aromatic nitrogens is 1. The van der Waals surface area contributed by atoms with Crippen LogP contribution in [-0.4, -0.2) is 28.6 Å². The van der Waals surface area contributed by atoms with Crippen LogP contribution in [0.25, 0.3) is 17.0 Å². The number of amides is 2. The molecule has 0 aliphatic carbocycles. The predicted octanol–water partition coefficient (Wildman–Crippen LogP) is 3.50. The van der Waals surface area contributed by atoms with Gasteiger partial charge in [0.2, 0.25) is 0 Å². The smallest absolute Gasteiger partial charge is 0.270 e. The summed E-state index contributed by atoms with van der Waals surface area (Å²) in [5.74, 6) is -0.299. The molecule has 0 radical (unpaired) electrons. The Morgan fingerprint density at radius 1 is 1.10 bits per heavy atom. The first kappa shape index (κ1) is 18.9. The van der Waals surface area contributed by atoms with Crippen molar-refractivity contribution >= 4 is 51.8 Å². The minimum absolute atomic E-state index is 0.0356. The van der Waals surface area contributed by atoms with Crippen molar-refractivity contribution < 1.29 is 14.3 Å². The molecule has 6 nitrogen and oxygen atoms in total. The number of ether oxygens (including phenoxy) is 1. The molecule has 2 amide bonds. The quantitative estimate of drug-likeness (QED) is 0.410. The van der Waals surface area contributed by atoms with Crippen LogP contribution in [-0.2, 0) is 16.1 Å². The number of nitrogens with zero attached hydrogens (tertiary/aromatic N) is 2. The van der Waals surface area contributed by atoms with Crippen LogP contribution in [0.15, 0.2) is 60.3 Å². The fourth-order valence-corrected chi connectivity index (χ4v) is 3.71. The molecule has 3 aromatic rings. The van der Waals surface area contributed by atoms with Gasteiger partial charge in [-0.1, -0.05) is 18.2 Å². The Morgan fingerprint density at radius 2 is 1.83 bits per heavy atom. The minimum atomic E-state index is -0.502. The van der Waals surface area contributed by atoms with E-state index in [-0.39, 0.29) is 10.7 Å². The maximum atomic E-state index is 13.2. The van der Waals surface area contributed by atoms with Crippen molar-refractivity contribution in [1.82, 2.24) is 9.88 Å². The first-order valence-corrected chi connectivity index (χ1v) is 9.57. The van der Waals surface area contributed by atoms with Gasteiger partial charge in [-0.3, -0.25) is 19.8 Å². The Labute approximate surface area is 173 Å². The van der Waals surface area contributed by atoms with Gasteiger partial charge in [0, 0.05) is 29.2 Å². The van der Waals surface area contributed by atoms with Crippen LogP contribution in [0.4, 0.5) is 5.69 Å². The van der Waals surface area contributed by atoms with Gasteiger partial charge in [0.25, 0.3) is 11.8 Å². The number of fused-ring (bicyclic) bond motifs is 1. The van der Waals surface area contributed by atoms with E-state index in [2.05, 4.69) is 9.88 Å². The summed E-state index contributed by atoms with van der Waals surface area (Å²) in [5.41, 5.74) is 2.45. The van der Waals surface area contributed by atoms with E-state index in [1.54, 1.807) is 37.5 Å². The van der Waals surface area contributed by atoms with Crippen LogP contribution >= 0.6 is 12.2 Å². The van der Waals surface area contributed by atoms with E-state index in [0.29, 0.717) is 11.4 Å². The Morgan fingerprint density at radius 3 is 2.52 bits per heavy atom. The second-order valence-electron chi connectivity index (χ2n) is 6.54. The highest BCUT2D eigenvalue weighted by Gasteiger charge is 2.34. The van der Waals surface area contributed by atoms with Crippen molar-refractivity contribution in [3.05, 3.63) is 65.9 Å². The average molecular weight is 405 g/mol. The number of para-hydroxylation sites is 1. The SMILES string of the molecule is CCn1cc(/C=C2\C(=O)NC(=S)N(c3ccc(OC)cc3)C2=O)c2ccccc21. The van der Waals surface area contributed by atoms with Gasteiger partial charge >= 0.3 is 0 Å². The molecule has 2 heterocycles. The van der Waals surface area contributed by atoms with E-state index in [1.807, 2.05) is 37.4 Å². The van der Waals surface area contributed by atoms with Gasteiger partial charge in [-0.15, -0.1) is 0 Å². The van der Waals surface area contributed by atoms with Crippen LogP contribution in [0, 0.1) is 0 Å². The van der Waals surface area contributed by atoms with Gasteiger partial charge in [0.05, 0.1) is 12.8 Å². The first-order valence-electron chi connectivity index (χ1n) is 9.17. The van der Waals surface area contributed by atoms with Crippen LogP contribution in [0.1, 0.15) is 12.5 Å². The van der Waals surface area contributed by atoms with Crippen molar-refractivity contribution in [1.29, 1.82) is 0 Å². The third-order valence-corrected chi connectivity index (χ3v) is 5.18. The van der Waals surface area contributed by atoms with Crippen LogP contribution in [0.2, 0.25) is 0 Å². The van der Waals surface area contributed by atoms with Gasteiger partial charge in [0.1, 0.15) is 11.3 Å². The molecule has 2 aromatic carbocycles. The molecule has 0 unspecified atom stereocenters. The van der Waals surface area contributed by atoms with Crippen molar-refractivity contribution in [2.45, 2.75) is 13.5 Å². The highest BCUT2D eigenvalue weighted by Crippen LogP contribution is 2.27. The molecule has 0 bridgehead atoms. The van der Waals surface area contributed by atoms with E-state index in [9.17, 15) is 9.59 Å². The molecule has 0 spiro atoms. The Bertz CT molecular complexity index is 1160. The third kappa shape index (κ3) is 3.30. The average Bonchev–Trinajstić information content (AvgIpc) is 3.09. The largest absolute Gasteiger partial charge is 0.497 e. The lowest BCUT2D eigenvalue weighted by Crippen LogP contribution is -2.54. The number of aryl methyl sites for hydroxylation is 1. The highest BCUT2D eigenvalue weighted by atomic mass is 32.1. The van der Waals surface area contributed by atoms with E-state index in [0.717, 1.165) is 23.0 Å². The minimum Gasteiger partial charge on any atom is -0.497 e. The number of anilines is 1. The van der Waals surface area contributed by atoms with Gasteiger partial charge in [0.15, 0.2) is 5.11 Å². The number of carbonyl (C=O) groups is 2. The molecular formula is C22H19N3O3S. The standard InChI is InChI=1S/C22H19N3O3S/c1-3-24-13-14(17-6-4-5-7-19(17)24)12-18-20(26)23-22(29)25(21(18)27)15-8-10-16(28-2)11-9-15/h4-13H,3H2,1-2H3,(H,23,26,29)/b18-12+. The molecule has 1 saturated heterocycles. The molecule has 7 heteroatoms. The van der Waals surface area contributed by atoms with Crippen molar-refractivity contribution in [3.63, 3.8) is 0 Å². The van der Waals surface area contributed by atoms with E-state index in [1.165, 1.54) is 4.90 Å². The highest BCUT2D eigenvalue weighted by molar-refractivity contribution is 7.80. The third-order valence-electron chi connectivity index (χ3n) is 4.89. The molecule has 0 saturated carbocycles. The zero-order valence-electron chi connectivity index (χ0n) is 16.0. The summed E-state index contributed by atoms with van der Waals surface area (Å²) < 4.78 is 7.24. The molecule has 29 heavy (non-hydrogen) atoms. The summed E-state index contributed by atoms with van der Waals surface area (Å²) in [6.07, 6.45) is 3.58. The zero-order chi connectivity index (χ0) is 20.5. The van der Waals surface area contributed by atoms with Crippen LogP contribution in [0.5, 0.6) is 5.75 Å². The lowest BCUT2D eigenvalue weighted by molar-refractivity contribution is -0.122. The van der Waals surface area contributed by atoms with E-state index >= 15 is 0 Å². The number of rotatable bonds is 4. The Hall–Kier alpha value is -3.45. The summed E-state index contributed by atoms with van der Waals surface area (Å²) in [4.78, 5) is 27.1.